The molecule has 0 aliphatic rings. The highest BCUT2D eigenvalue weighted by Crippen LogP contribution is 2.39. The van der Waals surface area contributed by atoms with E-state index in [1.807, 2.05) is 6.07 Å². The van der Waals surface area contributed by atoms with Gasteiger partial charge in [0.05, 0.1) is 31.3 Å². The smallest absolute Gasteiger partial charge is 0.164 e. The van der Waals surface area contributed by atoms with Gasteiger partial charge >= 0.3 is 0 Å². The Hall–Kier alpha value is -1.36. The number of carbonyl (C=O) groups excluding carboxylic acids is 1. The molecule has 1 aromatic carbocycles. The summed E-state index contributed by atoms with van der Waals surface area (Å²) in [6, 6.07) is 8.50. The van der Waals surface area contributed by atoms with Crippen molar-refractivity contribution in [3.8, 4) is 11.3 Å². The molecule has 0 unspecified atom stereocenters. The summed E-state index contributed by atoms with van der Waals surface area (Å²) < 4.78 is 16.6. The molecule has 0 spiro atoms. The van der Waals surface area contributed by atoms with Crippen molar-refractivity contribution in [3.63, 3.8) is 0 Å². The van der Waals surface area contributed by atoms with Crippen LogP contribution in [0.3, 0.4) is 0 Å². The molecule has 2 aromatic heterocycles. The molecule has 0 aliphatic heterocycles. The van der Waals surface area contributed by atoms with E-state index in [0.717, 1.165) is 0 Å². The Morgan fingerprint density at radius 1 is 1.19 bits per heavy atom. The molecule has 0 amide bonds. The van der Waals surface area contributed by atoms with Gasteiger partial charge in [0.2, 0.25) is 0 Å². The van der Waals surface area contributed by atoms with Gasteiger partial charge in [0.15, 0.2) is 12.1 Å². The van der Waals surface area contributed by atoms with E-state index < -0.39 is 5.82 Å². The van der Waals surface area contributed by atoms with Crippen molar-refractivity contribution in [1.29, 1.82) is 0 Å². The normalized spacial score (nSPS) is 11.0. The third-order valence-corrected chi connectivity index (χ3v) is 4.72. The first-order chi connectivity index (χ1) is 10.1. The fourth-order valence-electron chi connectivity index (χ4n) is 2.25. The highest BCUT2D eigenvalue weighted by molar-refractivity contribution is 9.10. The maximum absolute atomic E-state index is 14.6. The lowest BCUT2D eigenvalue weighted by Crippen LogP contribution is -1.93. The van der Waals surface area contributed by atoms with Crippen molar-refractivity contribution in [2.45, 2.75) is 0 Å². The quantitative estimate of drug-likeness (QED) is 0.523. The van der Waals surface area contributed by atoms with Crippen LogP contribution < -0.4 is 0 Å². The van der Waals surface area contributed by atoms with E-state index in [0.29, 0.717) is 21.8 Å². The third kappa shape index (κ3) is 2.18. The van der Waals surface area contributed by atoms with Crippen LogP contribution in [0, 0.1) is 5.82 Å². The van der Waals surface area contributed by atoms with E-state index in [4.69, 9.17) is 23.2 Å². The van der Waals surface area contributed by atoms with E-state index in [2.05, 4.69) is 15.9 Å². The van der Waals surface area contributed by atoms with Gasteiger partial charge in [0.25, 0.3) is 0 Å². The van der Waals surface area contributed by atoms with Gasteiger partial charge in [0, 0.05) is 11.8 Å². The van der Waals surface area contributed by atoms with Crippen molar-refractivity contribution in [2.75, 3.05) is 0 Å². The Morgan fingerprint density at radius 2 is 1.95 bits per heavy atom. The van der Waals surface area contributed by atoms with E-state index in [-0.39, 0.29) is 21.3 Å². The average molecular weight is 387 g/mol. The Balaban J connectivity index is 2.42. The largest absolute Gasteiger partial charge is 0.313 e. The summed E-state index contributed by atoms with van der Waals surface area (Å²) in [4.78, 5) is 11.1. The van der Waals surface area contributed by atoms with E-state index >= 15 is 0 Å². The maximum atomic E-state index is 14.6. The van der Waals surface area contributed by atoms with E-state index in [1.54, 1.807) is 28.8 Å². The van der Waals surface area contributed by atoms with Gasteiger partial charge in [0.1, 0.15) is 0 Å². The van der Waals surface area contributed by atoms with Gasteiger partial charge < -0.3 is 4.40 Å². The van der Waals surface area contributed by atoms with E-state index in [9.17, 15) is 9.18 Å². The lowest BCUT2D eigenvalue weighted by molar-refractivity contribution is 0.112. The zero-order valence-corrected chi connectivity index (χ0v) is 13.5. The number of aldehydes is 1. The number of hydrogen-bond acceptors (Lipinski definition) is 1. The Kier molecular flexibility index (Phi) is 3.78. The summed E-state index contributed by atoms with van der Waals surface area (Å²) in [5.74, 6) is -0.442. The molecule has 2 heterocycles. The number of fused-ring (bicyclic) bond motifs is 1. The molecule has 21 heavy (non-hydrogen) atoms. The first kappa shape index (κ1) is 14.6. The van der Waals surface area contributed by atoms with Crippen LogP contribution >= 0.6 is 39.1 Å². The van der Waals surface area contributed by atoms with Gasteiger partial charge in [-0.3, -0.25) is 4.79 Å². The number of hydrogen-bond donors (Lipinski definition) is 0. The van der Waals surface area contributed by atoms with Crippen LogP contribution in [-0.4, -0.2) is 10.7 Å². The molecule has 0 saturated carbocycles. The topological polar surface area (TPSA) is 21.5 Å². The number of rotatable bonds is 2. The molecule has 0 fully saturated rings. The number of pyridine rings is 1. The first-order valence-corrected chi connectivity index (χ1v) is 7.48. The third-order valence-electron chi connectivity index (χ3n) is 3.23. The number of carbonyl (C=O) groups is 1. The molecule has 0 bridgehead atoms. The first-order valence-electron chi connectivity index (χ1n) is 5.94. The van der Waals surface area contributed by atoms with Crippen molar-refractivity contribution in [3.05, 3.63) is 62.4 Å². The molecule has 3 rings (SSSR count). The Bertz CT molecular complexity index is 876. The van der Waals surface area contributed by atoms with Gasteiger partial charge in [-0.05, 0) is 40.2 Å². The second-order valence-electron chi connectivity index (χ2n) is 4.37. The zero-order chi connectivity index (χ0) is 15.1. The highest BCUT2D eigenvalue weighted by Gasteiger charge is 2.21. The van der Waals surface area contributed by atoms with Crippen molar-refractivity contribution < 1.29 is 9.18 Å². The average Bonchev–Trinajstić information content (AvgIpc) is 2.73. The van der Waals surface area contributed by atoms with Crippen LogP contribution in [0.1, 0.15) is 10.4 Å². The minimum atomic E-state index is -0.442. The minimum absolute atomic E-state index is 0.132. The minimum Gasteiger partial charge on any atom is -0.313 e. The standard InChI is InChI=1S/C15H7BrCl2FNO/c16-12-11-3-1-2-6-20(11)15(14(12)19)8-4-5-10(17)9(7-21)13(8)18/h1-7H. The number of aromatic nitrogens is 1. The predicted octanol–water partition coefficient (Wildman–Crippen LogP) is 5.63. The van der Waals surface area contributed by atoms with Crippen LogP contribution in [-0.2, 0) is 0 Å². The Morgan fingerprint density at radius 3 is 2.67 bits per heavy atom. The summed E-state index contributed by atoms with van der Waals surface area (Å²) in [6.07, 6.45) is 2.29. The summed E-state index contributed by atoms with van der Waals surface area (Å²) in [5.41, 5.74) is 1.51. The van der Waals surface area contributed by atoms with Gasteiger partial charge in [-0.25, -0.2) is 4.39 Å². The van der Waals surface area contributed by atoms with Crippen LogP contribution in [0.4, 0.5) is 4.39 Å². The Labute approximate surface area is 138 Å². The van der Waals surface area contributed by atoms with Crippen molar-refractivity contribution in [1.82, 2.24) is 4.40 Å². The summed E-state index contributed by atoms with van der Waals surface area (Å²) in [7, 11) is 0. The van der Waals surface area contributed by atoms with Crippen LogP contribution in [0.5, 0.6) is 0 Å². The SMILES string of the molecule is O=Cc1c(Cl)ccc(-c2c(F)c(Br)c3ccccn23)c1Cl. The summed E-state index contributed by atoms with van der Waals surface area (Å²) in [5, 5.41) is 0.367. The highest BCUT2D eigenvalue weighted by atomic mass is 79.9. The fourth-order valence-corrected chi connectivity index (χ4v) is 3.31. The lowest BCUT2D eigenvalue weighted by Gasteiger charge is -2.08. The molecule has 0 saturated heterocycles. The monoisotopic (exact) mass is 385 g/mol. The van der Waals surface area contributed by atoms with Gasteiger partial charge in [-0.2, -0.15) is 0 Å². The van der Waals surface area contributed by atoms with Gasteiger partial charge in [-0.15, -0.1) is 0 Å². The second kappa shape index (κ2) is 5.44. The molecule has 0 aliphatic carbocycles. The summed E-state index contributed by atoms with van der Waals surface area (Å²) in [6.45, 7) is 0. The molecular formula is C15H7BrCl2FNO. The predicted molar refractivity (Wildman–Crippen MR) is 85.9 cm³/mol. The molecular weight excluding hydrogens is 380 g/mol. The fraction of sp³-hybridized carbons (Fsp3) is 0. The number of benzene rings is 1. The molecule has 0 atom stereocenters. The molecule has 2 nitrogen and oxygen atoms in total. The molecule has 0 N–H and O–H groups in total. The number of halogens is 4. The van der Waals surface area contributed by atoms with Crippen LogP contribution in [0.15, 0.2) is 41.0 Å². The molecule has 3 aromatic rings. The van der Waals surface area contributed by atoms with Crippen molar-refractivity contribution in [2.24, 2.45) is 0 Å². The van der Waals surface area contributed by atoms with Crippen LogP contribution in [0.25, 0.3) is 16.8 Å². The van der Waals surface area contributed by atoms with Crippen LogP contribution in [0.2, 0.25) is 10.0 Å². The van der Waals surface area contributed by atoms with E-state index in [1.165, 1.54) is 6.07 Å². The number of nitrogens with zero attached hydrogens (tertiary/aromatic N) is 1. The maximum Gasteiger partial charge on any atom is 0.164 e. The lowest BCUT2D eigenvalue weighted by atomic mass is 10.1. The van der Waals surface area contributed by atoms with Crippen molar-refractivity contribution >= 4 is 50.9 Å². The second-order valence-corrected chi connectivity index (χ2v) is 5.95. The zero-order valence-electron chi connectivity index (χ0n) is 10.4. The van der Waals surface area contributed by atoms with Gasteiger partial charge in [-0.1, -0.05) is 29.3 Å². The molecule has 106 valence electrons. The molecule has 6 heteroatoms. The summed E-state index contributed by atoms with van der Waals surface area (Å²) >= 11 is 15.4. The molecule has 0 radical (unpaired) electrons.